The summed E-state index contributed by atoms with van der Waals surface area (Å²) in [7, 11) is 0. The fourth-order valence-corrected chi connectivity index (χ4v) is 1.81. The van der Waals surface area contributed by atoms with Gasteiger partial charge in [0.2, 0.25) is 5.91 Å². The third kappa shape index (κ3) is 4.16. The van der Waals surface area contributed by atoms with Gasteiger partial charge in [0.05, 0.1) is 12.1 Å². The third-order valence-corrected chi connectivity index (χ3v) is 2.66. The Hall–Kier alpha value is -0.820. The van der Waals surface area contributed by atoms with Crippen LogP contribution in [-0.4, -0.2) is 53.4 Å². The molecule has 17 heavy (non-hydrogen) atoms. The molecule has 2 unspecified atom stereocenters. The maximum Gasteiger partial charge on any atom is 0.406 e. The minimum Gasteiger partial charge on any atom is -0.392 e. The van der Waals surface area contributed by atoms with Gasteiger partial charge in [0.15, 0.2) is 0 Å². The third-order valence-electron chi connectivity index (χ3n) is 2.66. The molecule has 0 radical (unpaired) electrons. The van der Waals surface area contributed by atoms with Crippen molar-refractivity contribution in [3.63, 3.8) is 0 Å². The standard InChI is InChI=1S/C10H17F3N2O2/c1-6(2)15(5-10(11,12)13)9(17)8-3-7(16)4-14-8/h6-8,14,16H,3-5H2,1-2H3. The van der Waals surface area contributed by atoms with E-state index in [1.54, 1.807) is 0 Å². The maximum atomic E-state index is 12.3. The second kappa shape index (κ2) is 5.22. The zero-order valence-corrected chi connectivity index (χ0v) is 9.79. The number of nitrogens with one attached hydrogen (secondary N) is 1. The number of nitrogens with zero attached hydrogens (tertiary/aromatic N) is 1. The van der Waals surface area contributed by atoms with Crippen molar-refractivity contribution in [2.24, 2.45) is 0 Å². The van der Waals surface area contributed by atoms with E-state index < -0.39 is 36.8 Å². The molecule has 1 fully saturated rings. The number of β-amino-alcohol motifs (C(OH)–C–C–N with tert-alkyl or cyclic N) is 1. The summed E-state index contributed by atoms with van der Waals surface area (Å²) in [4.78, 5) is 12.6. The van der Waals surface area contributed by atoms with E-state index in [4.69, 9.17) is 0 Å². The summed E-state index contributed by atoms with van der Waals surface area (Å²) in [5.41, 5.74) is 0. The van der Waals surface area contributed by atoms with Crippen LogP contribution in [0.3, 0.4) is 0 Å². The van der Waals surface area contributed by atoms with Gasteiger partial charge in [-0.05, 0) is 20.3 Å². The second-order valence-electron chi connectivity index (χ2n) is 4.53. The molecule has 1 aliphatic heterocycles. The lowest BCUT2D eigenvalue weighted by Crippen LogP contribution is -2.50. The Morgan fingerprint density at radius 2 is 2.12 bits per heavy atom. The molecule has 7 heteroatoms. The molecule has 0 aliphatic carbocycles. The van der Waals surface area contributed by atoms with E-state index >= 15 is 0 Å². The fourth-order valence-electron chi connectivity index (χ4n) is 1.81. The Morgan fingerprint density at radius 1 is 1.53 bits per heavy atom. The maximum absolute atomic E-state index is 12.3. The first kappa shape index (κ1) is 14.2. The Kier molecular flexibility index (Phi) is 4.37. The van der Waals surface area contributed by atoms with Gasteiger partial charge in [-0.1, -0.05) is 0 Å². The Bertz CT molecular complexity index is 281. The summed E-state index contributed by atoms with van der Waals surface area (Å²) in [6.07, 6.45) is -4.90. The number of hydrogen-bond acceptors (Lipinski definition) is 3. The van der Waals surface area contributed by atoms with E-state index in [0.717, 1.165) is 4.90 Å². The molecule has 0 aromatic rings. The van der Waals surface area contributed by atoms with E-state index in [2.05, 4.69) is 5.32 Å². The van der Waals surface area contributed by atoms with Crippen LogP contribution in [0.15, 0.2) is 0 Å². The molecule has 4 nitrogen and oxygen atoms in total. The van der Waals surface area contributed by atoms with E-state index in [9.17, 15) is 23.1 Å². The van der Waals surface area contributed by atoms with Gasteiger partial charge in [-0.15, -0.1) is 0 Å². The molecular formula is C10H17F3N2O2. The molecule has 1 aliphatic rings. The minimum absolute atomic E-state index is 0.167. The molecule has 100 valence electrons. The molecule has 2 N–H and O–H groups in total. The van der Waals surface area contributed by atoms with E-state index in [1.807, 2.05) is 0 Å². The highest BCUT2D eigenvalue weighted by Gasteiger charge is 2.38. The van der Waals surface area contributed by atoms with Gasteiger partial charge in [-0.25, -0.2) is 0 Å². The van der Waals surface area contributed by atoms with Gasteiger partial charge < -0.3 is 15.3 Å². The van der Waals surface area contributed by atoms with Gasteiger partial charge in [-0.3, -0.25) is 4.79 Å². The highest BCUT2D eigenvalue weighted by Crippen LogP contribution is 2.20. The number of amides is 1. The summed E-state index contributed by atoms with van der Waals surface area (Å²) < 4.78 is 37.0. The van der Waals surface area contributed by atoms with Crippen LogP contribution in [0.5, 0.6) is 0 Å². The number of carbonyl (C=O) groups excluding carboxylic acids is 1. The number of aliphatic hydroxyl groups is 1. The monoisotopic (exact) mass is 254 g/mol. The highest BCUT2D eigenvalue weighted by molar-refractivity contribution is 5.82. The summed E-state index contributed by atoms with van der Waals surface area (Å²) in [5, 5.41) is 12.0. The molecule has 0 aromatic heterocycles. The molecule has 1 heterocycles. The van der Waals surface area contributed by atoms with Crippen molar-refractivity contribution in [3.05, 3.63) is 0 Å². The molecule has 0 saturated carbocycles. The Morgan fingerprint density at radius 3 is 2.47 bits per heavy atom. The van der Waals surface area contributed by atoms with Crippen molar-refractivity contribution < 1.29 is 23.1 Å². The predicted molar refractivity (Wildman–Crippen MR) is 55.3 cm³/mol. The second-order valence-corrected chi connectivity index (χ2v) is 4.53. The molecular weight excluding hydrogens is 237 g/mol. The van der Waals surface area contributed by atoms with Crippen LogP contribution in [0.25, 0.3) is 0 Å². The van der Waals surface area contributed by atoms with Gasteiger partial charge in [0.25, 0.3) is 0 Å². The van der Waals surface area contributed by atoms with Gasteiger partial charge in [-0.2, -0.15) is 13.2 Å². The van der Waals surface area contributed by atoms with Gasteiger partial charge in [0, 0.05) is 12.6 Å². The van der Waals surface area contributed by atoms with E-state index in [-0.39, 0.29) is 13.0 Å². The van der Waals surface area contributed by atoms with E-state index in [0.29, 0.717) is 0 Å². The zero-order chi connectivity index (χ0) is 13.2. The van der Waals surface area contributed by atoms with Gasteiger partial charge in [0.1, 0.15) is 6.54 Å². The van der Waals surface area contributed by atoms with Crippen LogP contribution in [0, 0.1) is 0 Å². The lowest BCUT2D eigenvalue weighted by Gasteiger charge is -2.30. The zero-order valence-electron chi connectivity index (χ0n) is 9.79. The van der Waals surface area contributed by atoms with Crippen molar-refractivity contribution in [1.82, 2.24) is 10.2 Å². The highest BCUT2D eigenvalue weighted by atomic mass is 19.4. The van der Waals surface area contributed by atoms with Crippen LogP contribution >= 0.6 is 0 Å². The quantitative estimate of drug-likeness (QED) is 0.771. The fraction of sp³-hybridized carbons (Fsp3) is 0.900. The topological polar surface area (TPSA) is 52.6 Å². The number of aliphatic hydroxyl groups excluding tert-OH is 1. The van der Waals surface area contributed by atoms with E-state index in [1.165, 1.54) is 13.8 Å². The van der Waals surface area contributed by atoms with Crippen molar-refractivity contribution in [3.8, 4) is 0 Å². The predicted octanol–water partition coefficient (Wildman–Crippen LogP) is 0.509. The Labute approximate surface area is 97.8 Å². The summed E-state index contributed by atoms with van der Waals surface area (Å²) in [6, 6.07) is -1.24. The molecule has 2 atom stereocenters. The van der Waals surface area contributed by atoms with Crippen LogP contribution in [-0.2, 0) is 4.79 Å². The average molecular weight is 254 g/mol. The summed E-state index contributed by atoms with van der Waals surface area (Å²) >= 11 is 0. The molecule has 1 saturated heterocycles. The van der Waals surface area contributed by atoms with Crippen molar-refractivity contribution in [2.75, 3.05) is 13.1 Å². The van der Waals surface area contributed by atoms with Crippen molar-refractivity contribution in [1.29, 1.82) is 0 Å². The van der Waals surface area contributed by atoms with Crippen LogP contribution in [0.2, 0.25) is 0 Å². The lowest BCUT2D eigenvalue weighted by atomic mass is 10.1. The first-order valence-electron chi connectivity index (χ1n) is 5.49. The van der Waals surface area contributed by atoms with Crippen LogP contribution in [0.1, 0.15) is 20.3 Å². The first-order chi connectivity index (χ1) is 7.70. The number of carbonyl (C=O) groups is 1. The van der Waals surface area contributed by atoms with Crippen LogP contribution in [0.4, 0.5) is 13.2 Å². The summed E-state index contributed by atoms with van der Waals surface area (Å²) in [5.74, 6) is -0.603. The number of alkyl halides is 3. The normalized spacial score (nSPS) is 25.4. The van der Waals surface area contributed by atoms with Crippen molar-refractivity contribution in [2.45, 2.75) is 44.6 Å². The average Bonchev–Trinajstić information content (AvgIpc) is 2.58. The number of halogens is 3. The number of hydrogen-bond donors (Lipinski definition) is 2. The molecule has 0 aromatic carbocycles. The van der Waals surface area contributed by atoms with Gasteiger partial charge >= 0.3 is 6.18 Å². The summed E-state index contributed by atoms with van der Waals surface area (Å²) in [6.45, 7) is 2.07. The molecule has 0 spiro atoms. The molecule has 0 bridgehead atoms. The number of rotatable bonds is 3. The largest absolute Gasteiger partial charge is 0.406 e. The molecule has 1 rings (SSSR count). The Balaban J connectivity index is 2.67. The first-order valence-corrected chi connectivity index (χ1v) is 5.49. The van der Waals surface area contributed by atoms with Crippen molar-refractivity contribution >= 4 is 5.91 Å². The lowest BCUT2D eigenvalue weighted by molar-refractivity contribution is -0.165. The smallest absolute Gasteiger partial charge is 0.392 e. The minimum atomic E-state index is -4.41. The SMILES string of the molecule is CC(C)N(CC(F)(F)F)C(=O)C1CC(O)CN1. The molecule has 1 amide bonds. The van der Waals surface area contributed by atoms with Crippen LogP contribution < -0.4 is 5.32 Å².